The number of hydrazine groups is 1. The molecule has 1 aromatic heterocycles. The summed E-state index contributed by atoms with van der Waals surface area (Å²) in [6, 6.07) is 20.0. The molecule has 3 fully saturated rings. The van der Waals surface area contributed by atoms with Crippen LogP contribution in [0.2, 0.25) is 0 Å². The smallest absolute Gasteiger partial charge is 0.246 e. The zero-order valence-electron chi connectivity index (χ0n) is 26.7. The standard InChI is InChI=1S/C37H39IN6O4/c1-2-18-42-24-35(47)43-32(19-26-10-15-31(45)16-11-26)37(48)40(21-28-4-3-5-29-22-41(39-36(28)29)20-27-6-7-27)23-33(43)44(42)34(46)17-12-25-8-13-30(38)14-9-25/h2-5,8-11,13-16,22,27,32-33,45H,1,6-7,12,17-21,23-24H2/t32-,33-/m0/s1. The molecule has 2 saturated heterocycles. The Morgan fingerprint density at radius 2 is 1.77 bits per heavy atom. The first kappa shape index (κ1) is 32.3. The molecule has 48 heavy (non-hydrogen) atoms. The second-order valence-electron chi connectivity index (χ2n) is 13.0. The fraction of sp³-hybridized carbons (Fsp3) is 0.351. The number of nitrogens with zero attached hydrogens (tertiary/aromatic N) is 6. The number of aromatic hydroxyl groups is 1. The van der Waals surface area contributed by atoms with Crippen LogP contribution in [-0.2, 0) is 40.3 Å². The van der Waals surface area contributed by atoms with Crippen LogP contribution < -0.4 is 0 Å². The van der Waals surface area contributed by atoms with E-state index in [-0.39, 0.29) is 49.4 Å². The van der Waals surface area contributed by atoms with Crippen molar-refractivity contribution in [1.29, 1.82) is 0 Å². The van der Waals surface area contributed by atoms with Gasteiger partial charge in [0, 0.05) is 47.6 Å². The van der Waals surface area contributed by atoms with Crippen LogP contribution in [-0.4, -0.2) is 84.3 Å². The Labute approximate surface area is 293 Å². The summed E-state index contributed by atoms with van der Waals surface area (Å²) < 4.78 is 3.14. The molecular weight excluding hydrogens is 719 g/mol. The number of aromatic nitrogens is 2. The molecule has 10 nitrogen and oxygen atoms in total. The fourth-order valence-corrected chi connectivity index (χ4v) is 7.28. The highest BCUT2D eigenvalue weighted by Gasteiger charge is 2.51. The lowest BCUT2D eigenvalue weighted by molar-refractivity contribution is -0.205. The summed E-state index contributed by atoms with van der Waals surface area (Å²) in [5.74, 6) is 0.305. The van der Waals surface area contributed by atoms with Crippen LogP contribution in [0.4, 0.5) is 0 Å². The zero-order valence-corrected chi connectivity index (χ0v) is 28.9. The average molecular weight is 759 g/mol. The molecule has 1 saturated carbocycles. The normalized spacial score (nSPS) is 20.0. The van der Waals surface area contributed by atoms with Crippen LogP contribution in [0.25, 0.3) is 10.9 Å². The molecule has 7 rings (SSSR count). The minimum absolute atomic E-state index is 0.0329. The molecule has 11 heteroatoms. The minimum Gasteiger partial charge on any atom is -0.508 e. The fourth-order valence-electron chi connectivity index (χ4n) is 6.92. The number of carbonyl (C=O) groups is 3. The van der Waals surface area contributed by atoms with Gasteiger partial charge in [-0.3, -0.25) is 19.1 Å². The Bertz CT molecular complexity index is 1840. The van der Waals surface area contributed by atoms with Gasteiger partial charge in [-0.25, -0.2) is 10.0 Å². The van der Waals surface area contributed by atoms with E-state index in [0.29, 0.717) is 25.4 Å². The number of fused-ring (bicyclic) bond motifs is 2. The zero-order chi connectivity index (χ0) is 33.4. The quantitative estimate of drug-likeness (QED) is 0.175. The largest absolute Gasteiger partial charge is 0.508 e. The van der Waals surface area contributed by atoms with E-state index in [2.05, 4.69) is 35.4 Å². The summed E-state index contributed by atoms with van der Waals surface area (Å²) in [6.45, 7) is 5.54. The molecule has 4 aromatic rings. The number of phenolic OH excluding ortho intramolecular Hbond substituents is 1. The third-order valence-corrected chi connectivity index (χ3v) is 10.2. The number of carbonyl (C=O) groups excluding carboxylic acids is 3. The van der Waals surface area contributed by atoms with Gasteiger partial charge >= 0.3 is 0 Å². The van der Waals surface area contributed by atoms with Gasteiger partial charge in [-0.2, -0.15) is 5.10 Å². The van der Waals surface area contributed by atoms with Crippen molar-refractivity contribution in [2.24, 2.45) is 5.92 Å². The van der Waals surface area contributed by atoms with Gasteiger partial charge in [0.15, 0.2) is 0 Å². The molecular formula is C37H39IN6O4. The monoisotopic (exact) mass is 758 g/mol. The van der Waals surface area contributed by atoms with Crippen molar-refractivity contribution in [2.75, 3.05) is 19.6 Å². The minimum atomic E-state index is -0.829. The lowest BCUT2D eigenvalue weighted by atomic mass is 9.97. The first-order valence-electron chi connectivity index (χ1n) is 16.5. The first-order chi connectivity index (χ1) is 23.3. The predicted molar refractivity (Wildman–Crippen MR) is 190 cm³/mol. The molecule has 1 N–H and O–H groups in total. The summed E-state index contributed by atoms with van der Waals surface area (Å²) >= 11 is 2.26. The molecule has 248 valence electrons. The van der Waals surface area contributed by atoms with E-state index in [1.54, 1.807) is 50.2 Å². The maximum atomic E-state index is 14.4. The number of hydrogen-bond acceptors (Lipinski definition) is 6. The third-order valence-electron chi connectivity index (χ3n) is 9.50. The highest BCUT2D eigenvalue weighted by atomic mass is 127. The Hall–Kier alpha value is -4.23. The molecule has 1 aliphatic carbocycles. The number of piperazine rings is 1. The Balaban J connectivity index is 1.22. The van der Waals surface area contributed by atoms with E-state index in [4.69, 9.17) is 5.10 Å². The summed E-state index contributed by atoms with van der Waals surface area (Å²) in [6.07, 6.45) is 6.60. The van der Waals surface area contributed by atoms with Crippen molar-refractivity contribution in [1.82, 2.24) is 29.6 Å². The number of phenols is 1. The summed E-state index contributed by atoms with van der Waals surface area (Å²) in [5.41, 5.74) is 3.66. The van der Waals surface area contributed by atoms with E-state index >= 15 is 0 Å². The highest BCUT2D eigenvalue weighted by Crippen LogP contribution is 2.33. The van der Waals surface area contributed by atoms with Crippen LogP contribution in [0.3, 0.4) is 0 Å². The van der Waals surface area contributed by atoms with Gasteiger partial charge in [-0.15, -0.1) is 6.58 Å². The summed E-state index contributed by atoms with van der Waals surface area (Å²) in [4.78, 5) is 45.9. The average Bonchev–Trinajstić information content (AvgIpc) is 3.79. The van der Waals surface area contributed by atoms with Crippen LogP contribution in [0.5, 0.6) is 5.75 Å². The van der Waals surface area contributed by atoms with E-state index in [9.17, 15) is 19.5 Å². The van der Waals surface area contributed by atoms with Gasteiger partial charge in [0.1, 0.15) is 18.0 Å². The molecule has 0 unspecified atom stereocenters. The number of hydrogen-bond donors (Lipinski definition) is 1. The lowest BCUT2D eigenvalue weighted by Gasteiger charge is -2.55. The van der Waals surface area contributed by atoms with Gasteiger partial charge < -0.3 is 14.9 Å². The van der Waals surface area contributed by atoms with Crippen molar-refractivity contribution >= 4 is 51.2 Å². The lowest BCUT2D eigenvalue weighted by Crippen LogP contribution is -2.75. The van der Waals surface area contributed by atoms with Crippen molar-refractivity contribution in [3.05, 3.63) is 106 Å². The van der Waals surface area contributed by atoms with Crippen molar-refractivity contribution in [3.8, 4) is 5.75 Å². The number of rotatable bonds is 11. The van der Waals surface area contributed by atoms with Gasteiger partial charge in [-0.05, 0) is 88.7 Å². The highest BCUT2D eigenvalue weighted by molar-refractivity contribution is 14.1. The second-order valence-corrected chi connectivity index (χ2v) is 14.3. The number of benzene rings is 3. The van der Waals surface area contributed by atoms with Crippen LogP contribution in [0, 0.1) is 9.49 Å². The molecule has 2 aliphatic heterocycles. The van der Waals surface area contributed by atoms with Crippen LogP contribution >= 0.6 is 22.6 Å². The number of amides is 3. The third kappa shape index (κ3) is 6.84. The number of aryl methyl sites for hydroxylation is 1. The maximum Gasteiger partial charge on any atom is 0.246 e. The number of halogens is 1. The van der Waals surface area contributed by atoms with E-state index < -0.39 is 12.2 Å². The predicted octanol–water partition coefficient (Wildman–Crippen LogP) is 4.74. The molecule has 0 radical (unpaired) electrons. The van der Waals surface area contributed by atoms with Gasteiger partial charge in [0.2, 0.25) is 17.7 Å². The van der Waals surface area contributed by atoms with Gasteiger partial charge in [0.05, 0.1) is 18.6 Å². The summed E-state index contributed by atoms with van der Waals surface area (Å²) in [5, 5.41) is 19.3. The SMILES string of the molecule is C=CCN1CC(=O)N2[C@@H](Cc3ccc(O)cc3)C(=O)N(Cc3cccc4cn(CC5CC5)nc34)C[C@@H]2N1C(=O)CCc1ccc(I)cc1. The molecule has 3 amide bonds. The van der Waals surface area contributed by atoms with Crippen LogP contribution in [0.15, 0.2) is 85.6 Å². The maximum absolute atomic E-state index is 14.4. The van der Waals surface area contributed by atoms with E-state index in [1.807, 2.05) is 47.1 Å². The van der Waals surface area contributed by atoms with Gasteiger partial charge in [0.25, 0.3) is 0 Å². The molecule has 0 spiro atoms. The van der Waals surface area contributed by atoms with Crippen LogP contribution in [0.1, 0.15) is 36.0 Å². The van der Waals surface area contributed by atoms with Gasteiger partial charge in [-0.1, -0.05) is 48.5 Å². The summed E-state index contributed by atoms with van der Waals surface area (Å²) in [7, 11) is 0. The molecule has 3 aromatic carbocycles. The molecule has 3 aliphatic rings. The molecule has 0 bridgehead atoms. The Morgan fingerprint density at radius 3 is 2.50 bits per heavy atom. The van der Waals surface area contributed by atoms with E-state index in [0.717, 1.165) is 37.7 Å². The van der Waals surface area contributed by atoms with Crippen molar-refractivity contribution in [3.63, 3.8) is 0 Å². The molecule has 3 heterocycles. The van der Waals surface area contributed by atoms with Crippen molar-refractivity contribution < 1.29 is 19.5 Å². The second kappa shape index (κ2) is 13.7. The first-order valence-corrected chi connectivity index (χ1v) is 17.6. The molecule has 2 atom stereocenters. The van der Waals surface area contributed by atoms with Crippen molar-refractivity contribution in [2.45, 2.75) is 57.4 Å². The Kier molecular flexibility index (Phi) is 9.23. The van der Waals surface area contributed by atoms with E-state index in [1.165, 1.54) is 12.8 Å². The topological polar surface area (TPSA) is 102 Å². The Morgan fingerprint density at radius 1 is 1.02 bits per heavy atom.